The van der Waals surface area contributed by atoms with E-state index in [1.807, 2.05) is 60.7 Å². The number of methoxy groups -OCH3 is 6. The second-order valence-corrected chi connectivity index (χ2v) is 9.52. The summed E-state index contributed by atoms with van der Waals surface area (Å²) in [5.74, 6) is 5.41. The number of hydrogen-bond acceptors (Lipinski definition) is 7. The summed E-state index contributed by atoms with van der Waals surface area (Å²) in [5.41, 5.74) is 4.45. The van der Waals surface area contributed by atoms with Gasteiger partial charge < -0.3 is 33.2 Å². The van der Waals surface area contributed by atoms with Crippen LogP contribution in [-0.4, -0.2) is 42.7 Å². The van der Waals surface area contributed by atoms with Gasteiger partial charge in [0.15, 0.2) is 11.5 Å². The van der Waals surface area contributed by atoms with Crippen LogP contribution in [-0.2, 0) is 25.7 Å². The molecule has 0 spiro atoms. The first-order valence-electron chi connectivity index (χ1n) is 13.4. The Hall–Kier alpha value is -4.52. The fourth-order valence-corrected chi connectivity index (χ4v) is 4.66. The Morgan fingerprint density at radius 2 is 0.805 bits per heavy atom. The van der Waals surface area contributed by atoms with E-state index in [4.69, 9.17) is 33.2 Å². The summed E-state index contributed by atoms with van der Waals surface area (Å²) in [6, 6.07) is 23.9. The molecule has 0 aliphatic carbocycles. The molecule has 0 aromatic heterocycles. The van der Waals surface area contributed by atoms with Gasteiger partial charge in [0.05, 0.1) is 42.7 Å². The maximum atomic E-state index is 6.39. The van der Waals surface area contributed by atoms with Crippen LogP contribution >= 0.6 is 0 Å². The highest BCUT2D eigenvalue weighted by molar-refractivity contribution is 5.56. The molecule has 0 heterocycles. The summed E-state index contributed by atoms with van der Waals surface area (Å²) in [7, 11) is 9.89. The Kier molecular flexibility index (Phi) is 10.2. The van der Waals surface area contributed by atoms with Crippen molar-refractivity contribution in [2.75, 3.05) is 42.7 Å². The van der Waals surface area contributed by atoms with Crippen molar-refractivity contribution in [1.29, 1.82) is 0 Å². The molecule has 0 aliphatic rings. The van der Waals surface area contributed by atoms with Gasteiger partial charge in [0.25, 0.3) is 0 Å². The molecule has 0 amide bonds. The molecule has 0 radical (unpaired) electrons. The minimum atomic E-state index is 0.508. The minimum absolute atomic E-state index is 0.508. The Balaban J connectivity index is 1.55. The van der Waals surface area contributed by atoms with E-state index in [0.29, 0.717) is 28.7 Å². The molecule has 0 saturated heterocycles. The van der Waals surface area contributed by atoms with Gasteiger partial charge in [-0.2, -0.15) is 0 Å². The Labute approximate surface area is 242 Å². The van der Waals surface area contributed by atoms with E-state index in [2.05, 4.69) is 12.1 Å². The standard InChI is InChI=1S/C34H38O7/c1-35-27-9-7-8-23(14-27)10-11-25-17-30(38-4)22-31(18-25)41-34-32(39-5)19-26(20-33(34)40-6)13-12-24-15-28(36-2)21-29(16-24)37-3/h7-9,14-22H,10-13H2,1-6H3. The monoisotopic (exact) mass is 558 g/mol. The Morgan fingerprint density at radius 1 is 0.390 bits per heavy atom. The lowest BCUT2D eigenvalue weighted by Gasteiger charge is -2.17. The fraction of sp³-hybridized carbons (Fsp3) is 0.294. The summed E-state index contributed by atoms with van der Waals surface area (Å²) >= 11 is 0. The zero-order chi connectivity index (χ0) is 29.2. The summed E-state index contributed by atoms with van der Waals surface area (Å²) in [5, 5.41) is 0. The molecular formula is C34H38O7. The molecule has 0 saturated carbocycles. The van der Waals surface area contributed by atoms with Gasteiger partial charge in [-0.1, -0.05) is 12.1 Å². The van der Waals surface area contributed by atoms with Gasteiger partial charge in [0.2, 0.25) is 5.75 Å². The van der Waals surface area contributed by atoms with Crippen LogP contribution in [0.1, 0.15) is 22.3 Å². The molecular weight excluding hydrogens is 520 g/mol. The van der Waals surface area contributed by atoms with E-state index in [1.54, 1.807) is 42.7 Å². The van der Waals surface area contributed by atoms with Gasteiger partial charge in [0, 0.05) is 12.1 Å². The van der Waals surface area contributed by atoms with E-state index in [0.717, 1.165) is 59.6 Å². The van der Waals surface area contributed by atoms with Crippen molar-refractivity contribution in [2.45, 2.75) is 25.7 Å². The molecule has 0 atom stereocenters. The molecule has 0 bridgehead atoms. The SMILES string of the molecule is COc1cccc(CCc2cc(OC)cc(Oc3c(OC)cc(CCc4cc(OC)cc(OC)c4)cc3OC)c2)c1. The van der Waals surface area contributed by atoms with Crippen molar-refractivity contribution in [3.63, 3.8) is 0 Å². The highest BCUT2D eigenvalue weighted by Gasteiger charge is 2.17. The van der Waals surface area contributed by atoms with Crippen molar-refractivity contribution >= 4 is 0 Å². The molecule has 4 aromatic rings. The lowest BCUT2D eigenvalue weighted by molar-refractivity contribution is 0.344. The molecule has 41 heavy (non-hydrogen) atoms. The van der Waals surface area contributed by atoms with Crippen molar-refractivity contribution in [3.8, 4) is 46.0 Å². The second kappa shape index (κ2) is 14.2. The van der Waals surface area contributed by atoms with Gasteiger partial charge in [-0.05, 0) is 96.5 Å². The van der Waals surface area contributed by atoms with Crippen molar-refractivity contribution < 1.29 is 33.2 Å². The van der Waals surface area contributed by atoms with E-state index in [1.165, 1.54) is 5.56 Å². The highest BCUT2D eigenvalue weighted by atomic mass is 16.5. The first-order chi connectivity index (χ1) is 20.0. The van der Waals surface area contributed by atoms with Crippen molar-refractivity contribution in [2.24, 2.45) is 0 Å². The van der Waals surface area contributed by atoms with Crippen molar-refractivity contribution in [3.05, 3.63) is 95.1 Å². The zero-order valence-corrected chi connectivity index (χ0v) is 24.6. The predicted octanol–water partition coefficient (Wildman–Crippen LogP) is 7.10. The Morgan fingerprint density at radius 3 is 1.29 bits per heavy atom. The number of hydrogen-bond donors (Lipinski definition) is 0. The summed E-state index contributed by atoms with van der Waals surface area (Å²) in [6.45, 7) is 0. The van der Waals surface area contributed by atoms with Crippen LogP contribution < -0.4 is 33.2 Å². The largest absolute Gasteiger partial charge is 0.497 e. The van der Waals surface area contributed by atoms with Crippen LogP contribution in [0.5, 0.6) is 46.0 Å². The van der Waals surface area contributed by atoms with E-state index in [-0.39, 0.29) is 0 Å². The van der Waals surface area contributed by atoms with Crippen LogP contribution in [0.15, 0.2) is 72.8 Å². The number of ether oxygens (including phenoxy) is 7. The third-order valence-electron chi connectivity index (χ3n) is 6.87. The first kappa shape index (κ1) is 29.5. The molecule has 0 N–H and O–H groups in total. The topological polar surface area (TPSA) is 64.6 Å². The molecule has 4 rings (SSSR count). The van der Waals surface area contributed by atoms with E-state index in [9.17, 15) is 0 Å². The lowest BCUT2D eigenvalue weighted by Crippen LogP contribution is -2.00. The van der Waals surface area contributed by atoms with E-state index < -0.39 is 0 Å². The predicted molar refractivity (Wildman–Crippen MR) is 160 cm³/mol. The first-order valence-corrected chi connectivity index (χ1v) is 13.4. The molecule has 0 aliphatic heterocycles. The van der Waals surface area contributed by atoms with Gasteiger partial charge >= 0.3 is 0 Å². The maximum absolute atomic E-state index is 6.39. The average Bonchev–Trinajstić information content (AvgIpc) is 3.02. The van der Waals surface area contributed by atoms with E-state index >= 15 is 0 Å². The second-order valence-electron chi connectivity index (χ2n) is 9.52. The number of aryl methyl sites for hydroxylation is 4. The third kappa shape index (κ3) is 7.78. The average molecular weight is 559 g/mol. The van der Waals surface area contributed by atoms with Crippen molar-refractivity contribution in [1.82, 2.24) is 0 Å². The van der Waals surface area contributed by atoms with Crippen LogP contribution in [0.25, 0.3) is 0 Å². The van der Waals surface area contributed by atoms with Crippen LogP contribution in [0.2, 0.25) is 0 Å². The van der Waals surface area contributed by atoms with Gasteiger partial charge in [-0.25, -0.2) is 0 Å². The number of benzene rings is 4. The Bertz CT molecular complexity index is 1400. The van der Waals surface area contributed by atoms with Gasteiger partial charge in [-0.15, -0.1) is 0 Å². The molecule has 0 fully saturated rings. The summed E-state index contributed by atoms with van der Waals surface area (Å²) < 4.78 is 39.7. The van der Waals surface area contributed by atoms with Gasteiger partial charge in [-0.3, -0.25) is 0 Å². The quantitative estimate of drug-likeness (QED) is 0.164. The molecule has 7 nitrogen and oxygen atoms in total. The van der Waals surface area contributed by atoms with Crippen LogP contribution in [0.4, 0.5) is 0 Å². The summed E-state index contributed by atoms with van der Waals surface area (Å²) in [6.07, 6.45) is 3.21. The molecule has 0 unspecified atom stereocenters. The highest BCUT2D eigenvalue weighted by Crippen LogP contribution is 2.42. The molecule has 4 aromatic carbocycles. The van der Waals surface area contributed by atoms with Crippen LogP contribution in [0, 0.1) is 0 Å². The summed E-state index contributed by atoms with van der Waals surface area (Å²) in [4.78, 5) is 0. The molecule has 216 valence electrons. The normalized spacial score (nSPS) is 10.6. The minimum Gasteiger partial charge on any atom is -0.497 e. The smallest absolute Gasteiger partial charge is 0.211 e. The maximum Gasteiger partial charge on any atom is 0.211 e. The molecule has 7 heteroatoms. The van der Waals surface area contributed by atoms with Crippen LogP contribution in [0.3, 0.4) is 0 Å². The third-order valence-corrected chi connectivity index (χ3v) is 6.87. The zero-order valence-electron chi connectivity index (χ0n) is 24.6. The lowest BCUT2D eigenvalue weighted by atomic mass is 10.0. The van der Waals surface area contributed by atoms with Gasteiger partial charge in [0.1, 0.15) is 28.7 Å². The number of rotatable bonds is 14. The fourth-order valence-electron chi connectivity index (χ4n) is 4.66.